The van der Waals surface area contributed by atoms with Crippen LogP contribution in [0.3, 0.4) is 0 Å². The zero-order valence-electron chi connectivity index (χ0n) is 17.7. The largest absolute Gasteiger partial charge is 0.497 e. The summed E-state index contributed by atoms with van der Waals surface area (Å²) >= 11 is 0. The van der Waals surface area contributed by atoms with Crippen LogP contribution in [0.2, 0.25) is 0 Å². The summed E-state index contributed by atoms with van der Waals surface area (Å²) in [6.45, 7) is 0.0108. The summed E-state index contributed by atoms with van der Waals surface area (Å²) in [6, 6.07) is 7.35. The number of rotatable bonds is 10. The Kier molecular flexibility index (Phi) is 8.03. The zero-order chi connectivity index (χ0) is 23.1. The SMILES string of the molecule is COCCO[C@@H]1[C@H](N=[N+]=[N-])[C@@H](CO)O[C@H]1n1ccc(=O)n(Cc2ccc(OC)cc2)c1=O. The first-order valence-corrected chi connectivity index (χ1v) is 9.90. The molecule has 4 atom stereocenters. The van der Waals surface area contributed by atoms with Crippen LogP contribution in [0.4, 0.5) is 0 Å². The lowest BCUT2D eigenvalue weighted by Gasteiger charge is -2.23. The van der Waals surface area contributed by atoms with E-state index in [2.05, 4.69) is 10.0 Å². The molecule has 0 radical (unpaired) electrons. The smallest absolute Gasteiger partial charge is 0.333 e. The van der Waals surface area contributed by atoms with Gasteiger partial charge in [0.1, 0.15) is 11.9 Å². The molecule has 0 saturated carbocycles. The number of aliphatic hydroxyl groups excluding tert-OH is 1. The molecule has 2 heterocycles. The lowest BCUT2D eigenvalue weighted by atomic mass is 10.1. The number of hydrogen-bond donors (Lipinski definition) is 1. The van der Waals surface area contributed by atoms with Gasteiger partial charge < -0.3 is 24.1 Å². The van der Waals surface area contributed by atoms with Gasteiger partial charge in [-0.05, 0) is 23.2 Å². The number of aliphatic hydroxyl groups is 1. The number of hydrogen-bond acceptors (Lipinski definition) is 8. The van der Waals surface area contributed by atoms with Gasteiger partial charge in [0.25, 0.3) is 5.56 Å². The molecule has 1 aliphatic heterocycles. The fourth-order valence-corrected chi connectivity index (χ4v) is 3.52. The second-order valence-electron chi connectivity index (χ2n) is 7.05. The highest BCUT2D eigenvalue weighted by molar-refractivity contribution is 5.27. The van der Waals surface area contributed by atoms with E-state index in [0.717, 1.165) is 10.1 Å². The number of ether oxygens (including phenoxy) is 4. The van der Waals surface area contributed by atoms with E-state index in [1.54, 1.807) is 31.4 Å². The second kappa shape index (κ2) is 10.9. The van der Waals surface area contributed by atoms with Crippen molar-refractivity contribution in [2.45, 2.75) is 31.0 Å². The molecule has 1 aromatic carbocycles. The topological polar surface area (TPSA) is 150 Å². The van der Waals surface area contributed by atoms with Crippen molar-refractivity contribution in [3.05, 3.63) is 73.4 Å². The van der Waals surface area contributed by atoms with E-state index >= 15 is 0 Å². The summed E-state index contributed by atoms with van der Waals surface area (Å²) in [7, 11) is 3.05. The van der Waals surface area contributed by atoms with Gasteiger partial charge in [-0.15, -0.1) is 0 Å². The zero-order valence-corrected chi connectivity index (χ0v) is 17.7. The first kappa shape index (κ1) is 23.5. The molecule has 32 heavy (non-hydrogen) atoms. The second-order valence-corrected chi connectivity index (χ2v) is 7.05. The van der Waals surface area contributed by atoms with Gasteiger partial charge in [-0.3, -0.25) is 13.9 Å². The van der Waals surface area contributed by atoms with Crippen molar-refractivity contribution in [2.75, 3.05) is 34.0 Å². The molecule has 0 unspecified atom stereocenters. The molecule has 0 amide bonds. The van der Waals surface area contributed by atoms with Crippen molar-refractivity contribution in [3.8, 4) is 5.75 Å². The van der Waals surface area contributed by atoms with Gasteiger partial charge in [-0.25, -0.2) is 4.79 Å². The van der Waals surface area contributed by atoms with Crippen LogP contribution in [0.1, 0.15) is 11.8 Å². The Balaban J connectivity index is 1.97. The number of nitrogens with zero attached hydrogens (tertiary/aromatic N) is 5. The summed E-state index contributed by atoms with van der Waals surface area (Å²) in [5, 5.41) is 13.4. The molecular weight excluding hydrogens is 422 g/mol. The van der Waals surface area contributed by atoms with E-state index < -0.39 is 42.3 Å². The van der Waals surface area contributed by atoms with Crippen molar-refractivity contribution in [1.82, 2.24) is 9.13 Å². The predicted octanol–water partition coefficient (Wildman–Crippen LogP) is 0.667. The molecule has 1 N–H and O–H groups in total. The van der Waals surface area contributed by atoms with Gasteiger partial charge >= 0.3 is 5.69 Å². The molecule has 12 nitrogen and oxygen atoms in total. The van der Waals surface area contributed by atoms with Gasteiger partial charge in [-0.2, -0.15) is 0 Å². The van der Waals surface area contributed by atoms with E-state index in [4.69, 9.17) is 24.5 Å². The molecule has 2 aromatic rings. The van der Waals surface area contributed by atoms with Crippen LogP contribution in [-0.2, 0) is 20.8 Å². The molecule has 1 aliphatic rings. The molecule has 1 fully saturated rings. The van der Waals surface area contributed by atoms with Crippen molar-refractivity contribution >= 4 is 0 Å². The predicted molar refractivity (Wildman–Crippen MR) is 113 cm³/mol. The fourth-order valence-electron chi connectivity index (χ4n) is 3.52. The van der Waals surface area contributed by atoms with Crippen LogP contribution in [0.5, 0.6) is 5.75 Å². The Labute approximate surface area is 183 Å². The van der Waals surface area contributed by atoms with E-state index in [-0.39, 0.29) is 19.8 Å². The molecule has 1 aromatic heterocycles. The highest BCUT2D eigenvalue weighted by atomic mass is 16.6. The third kappa shape index (κ3) is 5.01. The standard InChI is InChI=1S/C20H25N5O7/c1-29-9-10-31-18-17(22-23-21)15(12-26)32-19(18)24-8-7-16(27)25(20(24)28)11-13-3-5-14(30-2)6-4-13/h3-8,15,17-19,26H,9-12H2,1-2H3/t15-,17-,18-,19-/m1/s1. The quantitative estimate of drug-likeness (QED) is 0.243. The van der Waals surface area contributed by atoms with Crippen LogP contribution < -0.4 is 16.0 Å². The van der Waals surface area contributed by atoms with Crippen molar-refractivity contribution in [3.63, 3.8) is 0 Å². The normalized spacial score (nSPS) is 22.5. The highest BCUT2D eigenvalue weighted by Crippen LogP contribution is 2.33. The Morgan fingerprint density at radius 2 is 1.94 bits per heavy atom. The number of azide groups is 1. The molecular formula is C20H25N5O7. The van der Waals surface area contributed by atoms with Gasteiger partial charge in [0.2, 0.25) is 0 Å². The van der Waals surface area contributed by atoms with Crippen molar-refractivity contribution in [2.24, 2.45) is 5.11 Å². The summed E-state index contributed by atoms with van der Waals surface area (Å²) in [5.74, 6) is 0.654. The molecule has 0 aliphatic carbocycles. The van der Waals surface area contributed by atoms with Crippen molar-refractivity contribution in [1.29, 1.82) is 0 Å². The lowest BCUT2D eigenvalue weighted by molar-refractivity contribution is -0.0793. The third-order valence-electron chi connectivity index (χ3n) is 5.14. The first-order chi connectivity index (χ1) is 15.5. The van der Waals surface area contributed by atoms with E-state index in [1.165, 1.54) is 23.9 Å². The molecule has 0 bridgehead atoms. The molecule has 0 spiro atoms. The van der Waals surface area contributed by atoms with Crippen LogP contribution >= 0.6 is 0 Å². The van der Waals surface area contributed by atoms with Crippen molar-refractivity contribution < 1.29 is 24.1 Å². The van der Waals surface area contributed by atoms with Crippen LogP contribution in [-0.4, -0.2) is 66.5 Å². The van der Waals surface area contributed by atoms with E-state index in [9.17, 15) is 14.7 Å². The Hall–Kier alpha value is -3.15. The van der Waals surface area contributed by atoms with Crippen LogP contribution in [0.15, 0.2) is 51.2 Å². The summed E-state index contributed by atoms with van der Waals surface area (Å²) in [6.07, 6.45) is -1.46. The minimum atomic E-state index is -1.02. The number of methoxy groups -OCH3 is 2. The number of benzene rings is 1. The summed E-state index contributed by atoms with van der Waals surface area (Å²) in [5.41, 5.74) is 8.55. The maximum Gasteiger partial charge on any atom is 0.333 e. The average Bonchev–Trinajstić information content (AvgIpc) is 3.14. The maximum absolute atomic E-state index is 13.2. The van der Waals surface area contributed by atoms with Gasteiger partial charge in [0.15, 0.2) is 6.23 Å². The van der Waals surface area contributed by atoms with Crippen LogP contribution in [0, 0.1) is 0 Å². The molecule has 12 heteroatoms. The maximum atomic E-state index is 13.2. The monoisotopic (exact) mass is 447 g/mol. The van der Waals surface area contributed by atoms with Gasteiger partial charge in [0, 0.05) is 24.3 Å². The molecule has 1 saturated heterocycles. The number of aromatic nitrogens is 2. The molecule has 3 rings (SSSR count). The lowest BCUT2D eigenvalue weighted by Crippen LogP contribution is -2.43. The van der Waals surface area contributed by atoms with Crippen LogP contribution in [0.25, 0.3) is 10.4 Å². The Bertz CT molecular complexity index is 1060. The first-order valence-electron chi connectivity index (χ1n) is 9.90. The Morgan fingerprint density at radius 1 is 1.19 bits per heavy atom. The van der Waals surface area contributed by atoms with Gasteiger partial charge in [-0.1, -0.05) is 17.2 Å². The third-order valence-corrected chi connectivity index (χ3v) is 5.14. The molecule has 172 valence electrons. The Morgan fingerprint density at radius 3 is 2.56 bits per heavy atom. The summed E-state index contributed by atoms with van der Waals surface area (Å²) in [4.78, 5) is 28.5. The highest BCUT2D eigenvalue weighted by Gasteiger charge is 2.46. The van der Waals surface area contributed by atoms with E-state index in [0.29, 0.717) is 5.75 Å². The summed E-state index contributed by atoms with van der Waals surface area (Å²) < 4.78 is 24.0. The van der Waals surface area contributed by atoms with Gasteiger partial charge in [0.05, 0.1) is 45.6 Å². The minimum Gasteiger partial charge on any atom is -0.497 e. The van der Waals surface area contributed by atoms with E-state index in [1.807, 2.05) is 0 Å². The fraction of sp³-hybridized carbons (Fsp3) is 0.500. The average molecular weight is 447 g/mol. The minimum absolute atomic E-state index is 0.0353.